The first-order valence-corrected chi connectivity index (χ1v) is 7.01. The number of hydrogen-bond donors (Lipinski definition) is 1. The zero-order valence-corrected chi connectivity index (χ0v) is 13.0. The van der Waals surface area contributed by atoms with Gasteiger partial charge < -0.3 is 14.8 Å². The van der Waals surface area contributed by atoms with E-state index >= 15 is 0 Å². The second-order valence-electron chi connectivity index (χ2n) is 5.69. The van der Waals surface area contributed by atoms with Gasteiger partial charge in [-0.15, -0.1) is 0 Å². The summed E-state index contributed by atoms with van der Waals surface area (Å²) in [4.78, 5) is 12.1. The van der Waals surface area contributed by atoms with E-state index in [0.717, 1.165) is 22.6 Å². The molecule has 0 aliphatic carbocycles. The molecule has 2 aliphatic heterocycles. The first kappa shape index (κ1) is 13.7. The van der Waals surface area contributed by atoms with Gasteiger partial charge in [-0.05, 0) is 51.8 Å². The van der Waals surface area contributed by atoms with Crippen LogP contribution in [0, 0.1) is 13.8 Å². The van der Waals surface area contributed by atoms with E-state index in [-0.39, 0.29) is 5.78 Å². The summed E-state index contributed by atoms with van der Waals surface area (Å²) in [7, 11) is 0. The van der Waals surface area contributed by atoms with Crippen LogP contribution in [0.5, 0.6) is 5.75 Å². The van der Waals surface area contributed by atoms with E-state index in [1.165, 1.54) is 6.92 Å². The van der Waals surface area contributed by atoms with Crippen LogP contribution in [-0.2, 0) is 9.53 Å². The Morgan fingerprint density at radius 1 is 1.19 bits per heavy atom. The molecule has 0 bridgehead atoms. The minimum absolute atomic E-state index is 0.0640. The summed E-state index contributed by atoms with van der Waals surface area (Å²) in [5, 5.41) is 3.35. The van der Waals surface area contributed by atoms with E-state index in [9.17, 15) is 4.79 Å². The van der Waals surface area contributed by atoms with Crippen molar-refractivity contribution in [2.45, 2.75) is 40.3 Å². The lowest BCUT2D eigenvalue weighted by atomic mass is 9.95. The van der Waals surface area contributed by atoms with Crippen LogP contribution in [0.3, 0.4) is 0 Å². The standard InChI is InChI=1S/C17H19NO3/c1-9-6-7-14-16(11(9)3)21-17(18-14)8-10(2)20-13(5)15(17)12(4)19/h6-8,18H,1-5H3. The van der Waals surface area contributed by atoms with Crippen LogP contribution in [0.15, 0.2) is 35.3 Å². The van der Waals surface area contributed by atoms with Crippen LogP contribution in [0.25, 0.3) is 0 Å². The highest BCUT2D eigenvalue weighted by Gasteiger charge is 2.47. The van der Waals surface area contributed by atoms with Crippen LogP contribution in [0.4, 0.5) is 5.69 Å². The summed E-state index contributed by atoms with van der Waals surface area (Å²) in [6.45, 7) is 9.25. The topological polar surface area (TPSA) is 47.6 Å². The number of benzene rings is 1. The first-order valence-electron chi connectivity index (χ1n) is 7.01. The van der Waals surface area contributed by atoms with Gasteiger partial charge in [-0.1, -0.05) is 6.07 Å². The average molecular weight is 285 g/mol. The molecule has 4 heteroatoms. The van der Waals surface area contributed by atoms with Crippen molar-refractivity contribution >= 4 is 11.5 Å². The zero-order chi connectivity index (χ0) is 15.4. The molecule has 4 nitrogen and oxygen atoms in total. The molecule has 0 aromatic heterocycles. The molecular formula is C17H19NO3. The molecule has 21 heavy (non-hydrogen) atoms. The number of allylic oxidation sites excluding steroid dienone is 2. The number of ether oxygens (including phenoxy) is 2. The van der Waals surface area contributed by atoms with E-state index in [1.54, 1.807) is 6.92 Å². The summed E-state index contributed by atoms with van der Waals surface area (Å²) in [5.41, 5.74) is 2.69. The number of carbonyl (C=O) groups excluding carboxylic acids is 1. The lowest BCUT2D eigenvalue weighted by Gasteiger charge is -2.32. The Kier molecular flexibility index (Phi) is 2.87. The number of aryl methyl sites for hydroxylation is 1. The van der Waals surface area contributed by atoms with E-state index < -0.39 is 5.72 Å². The molecule has 1 spiro atoms. The van der Waals surface area contributed by atoms with Gasteiger partial charge in [0.15, 0.2) is 5.78 Å². The second kappa shape index (κ2) is 4.38. The Labute approximate surface area is 124 Å². The predicted molar refractivity (Wildman–Crippen MR) is 81.1 cm³/mol. The Hall–Kier alpha value is -2.23. The molecule has 1 aromatic rings. The number of rotatable bonds is 1. The number of fused-ring (bicyclic) bond motifs is 1. The van der Waals surface area contributed by atoms with Crippen molar-refractivity contribution in [1.82, 2.24) is 0 Å². The first-order chi connectivity index (χ1) is 9.84. The fourth-order valence-corrected chi connectivity index (χ4v) is 3.04. The number of carbonyl (C=O) groups is 1. The number of nitrogens with one attached hydrogen (secondary N) is 1. The van der Waals surface area contributed by atoms with Gasteiger partial charge in [-0.25, -0.2) is 0 Å². The smallest absolute Gasteiger partial charge is 0.237 e. The summed E-state index contributed by atoms with van der Waals surface area (Å²) >= 11 is 0. The van der Waals surface area contributed by atoms with Gasteiger partial charge in [0, 0.05) is 6.08 Å². The lowest BCUT2D eigenvalue weighted by Crippen LogP contribution is -2.45. The van der Waals surface area contributed by atoms with E-state index in [2.05, 4.69) is 5.32 Å². The monoisotopic (exact) mass is 285 g/mol. The molecule has 3 rings (SSSR count). The van der Waals surface area contributed by atoms with Gasteiger partial charge in [0.1, 0.15) is 22.8 Å². The normalized spacial score (nSPS) is 23.2. The van der Waals surface area contributed by atoms with E-state index in [4.69, 9.17) is 9.47 Å². The summed E-state index contributed by atoms with van der Waals surface area (Å²) in [6.07, 6.45) is 1.82. The highest BCUT2D eigenvalue weighted by molar-refractivity contribution is 5.98. The molecular weight excluding hydrogens is 266 g/mol. The minimum Gasteiger partial charge on any atom is -0.466 e. The third-order valence-corrected chi connectivity index (χ3v) is 4.06. The molecule has 1 aromatic carbocycles. The van der Waals surface area contributed by atoms with Gasteiger partial charge >= 0.3 is 0 Å². The van der Waals surface area contributed by atoms with E-state index in [0.29, 0.717) is 17.1 Å². The molecule has 1 atom stereocenters. The maximum absolute atomic E-state index is 12.1. The van der Waals surface area contributed by atoms with Crippen molar-refractivity contribution in [1.29, 1.82) is 0 Å². The SMILES string of the molecule is CC(=O)C1=C(C)OC(C)=CC12Nc1ccc(C)c(C)c1O2. The molecule has 0 saturated heterocycles. The number of ketones is 1. The largest absolute Gasteiger partial charge is 0.466 e. The molecule has 0 saturated carbocycles. The van der Waals surface area contributed by atoms with Gasteiger partial charge in [-0.2, -0.15) is 0 Å². The maximum Gasteiger partial charge on any atom is 0.237 e. The predicted octanol–water partition coefficient (Wildman–Crippen LogP) is 3.60. The molecule has 110 valence electrons. The van der Waals surface area contributed by atoms with Crippen molar-refractivity contribution in [3.63, 3.8) is 0 Å². The van der Waals surface area contributed by atoms with Crippen molar-refractivity contribution < 1.29 is 14.3 Å². The maximum atomic E-state index is 12.1. The van der Waals surface area contributed by atoms with Gasteiger partial charge in [0.25, 0.3) is 0 Å². The summed E-state index contributed by atoms with van der Waals surface area (Å²) in [5.74, 6) is 2.03. The third-order valence-electron chi connectivity index (χ3n) is 4.06. The van der Waals surface area contributed by atoms with Crippen molar-refractivity contribution in [3.8, 4) is 5.75 Å². The molecule has 0 amide bonds. The number of Topliss-reactive ketones (excluding diaryl/α,β-unsaturated/α-hetero) is 1. The summed E-state index contributed by atoms with van der Waals surface area (Å²) in [6, 6.07) is 4.03. The Morgan fingerprint density at radius 2 is 1.90 bits per heavy atom. The van der Waals surface area contributed by atoms with Crippen LogP contribution in [-0.4, -0.2) is 11.5 Å². The summed E-state index contributed by atoms with van der Waals surface area (Å²) < 4.78 is 11.8. The molecule has 0 radical (unpaired) electrons. The van der Waals surface area contributed by atoms with Crippen LogP contribution in [0.1, 0.15) is 31.9 Å². The molecule has 2 heterocycles. The Morgan fingerprint density at radius 3 is 2.57 bits per heavy atom. The molecule has 1 N–H and O–H groups in total. The van der Waals surface area contributed by atoms with E-state index in [1.807, 2.05) is 39.0 Å². The van der Waals surface area contributed by atoms with Crippen molar-refractivity contribution in [2.24, 2.45) is 0 Å². The van der Waals surface area contributed by atoms with Crippen molar-refractivity contribution in [3.05, 3.63) is 46.4 Å². The van der Waals surface area contributed by atoms with Gasteiger partial charge in [-0.3, -0.25) is 4.79 Å². The highest BCUT2D eigenvalue weighted by atomic mass is 16.5. The fraction of sp³-hybridized carbons (Fsp3) is 0.353. The quantitative estimate of drug-likeness (QED) is 0.856. The van der Waals surface area contributed by atoms with Crippen LogP contribution < -0.4 is 10.1 Å². The average Bonchev–Trinajstić information content (AvgIpc) is 2.71. The van der Waals surface area contributed by atoms with Crippen LogP contribution in [0.2, 0.25) is 0 Å². The molecule has 2 aliphatic rings. The highest BCUT2D eigenvalue weighted by Crippen LogP contribution is 2.46. The van der Waals surface area contributed by atoms with Crippen molar-refractivity contribution in [2.75, 3.05) is 5.32 Å². The fourth-order valence-electron chi connectivity index (χ4n) is 3.04. The van der Waals surface area contributed by atoms with Crippen LogP contribution >= 0.6 is 0 Å². The van der Waals surface area contributed by atoms with Gasteiger partial charge in [0.2, 0.25) is 5.72 Å². The minimum atomic E-state index is -0.959. The molecule has 0 fully saturated rings. The number of anilines is 1. The number of hydrogen-bond acceptors (Lipinski definition) is 4. The van der Waals surface area contributed by atoms with Gasteiger partial charge in [0.05, 0.1) is 5.69 Å². The second-order valence-corrected chi connectivity index (χ2v) is 5.69. The zero-order valence-electron chi connectivity index (χ0n) is 13.0. The molecule has 1 unspecified atom stereocenters. The lowest BCUT2D eigenvalue weighted by molar-refractivity contribution is -0.115. The third kappa shape index (κ3) is 1.94. The Balaban J connectivity index is 2.16. The Bertz CT molecular complexity index is 715.